The van der Waals surface area contributed by atoms with Crippen LogP contribution in [0.1, 0.15) is 0 Å². The van der Waals surface area contributed by atoms with Gasteiger partial charge in [0.05, 0.1) is 10.5 Å². The van der Waals surface area contributed by atoms with E-state index in [0.29, 0.717) is 5.02 Å². The third-order valence-corrected chi connectivity index (χ3v) is 3.21. The molecule has 1 heterocycles. The molecule has 3 rings (SSSR count). The molecule has 1 N–H and O–H groups in total. The van der Waals surface area contributed by atoms with Gasteiger partial charge in [0, 0.05) is 11.6 Å². The number of halogens is 1. The minimum absolute atomic E-state index is 0.259. The fourth-order valence-corrected chi connectivity index (χ4v) is 2.26. The molecule has 88 valence electrons. The van der Waals surface area contributed by atoms with Crippen LogP contribution in [-0.2, 0) is 0 Å². The van der Waals surface area contributed by atoms with Crippen LogP contribution in [0.4, 0.5) is 0 Å². The molecule has 18 heavy (non-hydrogen) atoms. The summed E-state index contributed by atoms with van der Waals surface area (Å²) in [7, 11) is 0. The molecule has 0 aliphatic heterocycles. The van der Waals surface area contributed by atoms with Crippen LogP contribution < -0.4 is 0 Å². The highest BCUT2D eigenvalue weighted by molar-refractivity contribution is 6.35. The van der Waals surface area contributed by atoms with Crippen molar-refractivity contribution in [2.45, 2.75) is 0 Å². The van der Waals surface area contributed by atoms with Gasteiger partial charge in [0.15, 0.2) is 0 Å². The van der Waals surface area contributed by atoms with Crippen LogP contribution in [0.3, 0.4) is 0 Å². The van der Waals surface area contributed by atoms with E-state index in [1.165, 1.54) is 0 Å². The van der Waals surface area contributed by atoms with Crippen LogP contribution >= 0.6 is 11.6 Å². The lowest BCUT2D eigenvalue weighted by molar-refractivity contribution is 0.475. The van der Waals surface area contributed by atoms with Gasteiger partial charge in [0.25, 0.3) is 0 Å². The van der Waals surface area contributed by atoms with Gasteiger partial charge in [-0.3, -0.25) is 4.98 Å². The second kappa shape index (κ2) is 4.31. The quantitative estimate of drug-likeness (QED) is 0.705. The molecule has 0 radical (unpaired) electrons. The van der Waals surface area contributed by atoms with Crippen molar-refractivity contribution in [3.63, 3.8) is 0 Å². The highest BCUT2D eigenvalue weighted by Crippen LogP contribution is 2.31. The van der Waals surface area contributed by atoms with Crippen molar-refractivity contribution in [3.05, 3.63) is 59.8 Å². The fourth-order valence-electron chi connectivity index (χ4n) is 2.03. The molecular weight excluding hydrogens is 246 g/mol. The SMILES string of the molecule is Oc1ccc(-c2ccnc3c(Cl)cccc23)cc1. The number of phenols is 1. The summed E-state index contributed by atoms with van der Waals surface area (Å²) in [6, 6.07) is 14.8. The Balaban J connectivity index is 2.29. The first-order valence-corrected chi connectivity index (χ1v) is 5.96. The van der Waals surface area contributed by atoms with Crippen LogP contribution in [0, 0.1) is 0 Å². The zero-order chi connectivity index (χ0) is 12.5. The Morgan fingerprint density at radius 3 is 2.50 bits per heavy atom. The van der Waals surface area contributed by atoms with Gasteiger partial charge in [0.2, 0.25) is 0 Å². The zero-order valence-electron chi connectivity index (χ0n) is 9.47. The molecule has 0 unspecified atom stereocenters. The summed E-state index contributed by atoms with van der Waals surface area (Å²) in [6.45, 7) is 0. The standard InChI is InChI=1S/C15H10ClNO/c16-14-3-1-2-13-12(8-9-17-15(13)14)10-4-6-11(18)7-5-10/h1-9,18H. The van der Waals surface area contributed by atoms with E-state index in [4.69, 9.17) is 11.6 Å². The molecule has 0 amide bonds. The Morgan fingerprint density at radius 1 is 0.944 bits per heavy atom. The molecule has 0 spiro atoms. The van der Waals surface area contributed by atoms with Crippen LogP contribution in [0.5, 0.6) is 5.75 Å². The number of aromatic hydroxyl groups is 1. The number of pyridine rings is 1. The van der Waals surface area contributed by atoms with E-state index in [-0.39, 0.29) is 5.75 Å². The summed E-state index contributed by atoms with van der Waals surface area (Å²) < 4.78 is 0. The number of hydrogen-bond acceptors (Lipinski definition) is 2. The molecule has 2 aromatic carbocycles. The van der Waals surface area contributed by atoms with Crippen molar-refractivity contribution < 1.29 is 5.11 Å². The van der Waals surface area contributed by atoms with E-state index >= 15 is 0 Å². The molecule has 0 saturated carbocycles. The number of nitrogens with zero attached hydrogens (tertiary/aromatic N) is 1. The summed E-state index contributed by atoms with van der Waals surface area (Å²) >= 11 is 6.14. The van der Waals surface area contributed by atoms with Crippen molar-refractivity contribution in [2.75, 3.05) is 0 Å². The zero-order valence-corrected chi connectivity index (χ0v) is 10.2. The minimum Gasteiger partial charge on any atom is -0.508 e. The first kappa shape index (κ1) is 11.1. The maximum Gasteiger partial charge on any atom is 0.115 e. The van der Waals surface area contributed by atoms with Crippen LogP contribution in [0.15, 0.2) is 54.7 Å². The number of rotatable bonds is 1. The number of hydrogen-bond donors (Lipinski definition) is 1. The first-order valence-electron chi connectivity index (χ1n) is 5.58. The maximum absolute atomic E-state index is 9.33. The lowest BCUT2D eigenvalue weighted by atomic mass is 10.0. The molecule has 2 nitrogen and oxygen atoms in total. The first-order chi connectivity index (χ1) is 8.75. The minimum atomic E-state index is 0.259. The molecule has 0 saturated heterocycles. The maximum atomic E-state index is 9.33. The van der Waals surface area contributed by atoms with Crippen LogP contribution in [-0.4, -0.2) is 10.1 Å². The van der Waals surface area contributed by atoms with Gasteiger partial charge in [0.1, 0.15) is 5.75 Å². The Hall–Kier alpha value is -2.06. The normalized spacial score (nSPS) is 10.7. The van der Waals surface area contributed by atoms with E-state index in [0.717, 1.165) is 22.0 Å². The van der Waals surface area contributed by atoms with Gasteiger partial charge in [-0.05, 0) is 35.4 Å². The second-order valence-corrected chi connectivity index (χ2v) is 4.45. The average molecular weight is 256 g/mol. The molecule has 3 aromatic rings. The number of benzene rings is 2. The molecule has 0 aliphatic carbocycles. The van der Waals surface area contributed by atoms with E-state index < -0.39 is 0 Å². The Bertz CT molecular complexity index is 707. The van der Waals surface area contributed by atoms with Crippen molar-refractivity contribution >= 4 is 22.5 Å². The summed E-state index contributed by atoms with van der Waals surface area (Å²) in [4.78, 5) is 4.30. The van der Waals surface area contributed by atoms with Gasteiger partial charge >= 0.3 is 0 Å². The Morgan fingerprint density at radius 2 is 1.72 bits per heavy atom. The fraction of sp³-hybridized carbons (Fsp3) is 0. The lowest BCUT2D eigenvalue weighted by Crippen LogP contribution is -1.84. The van der Waals surface area contributed by atoms with Crippen molar-refractivity contribution in [1.82, 2.24) is 4.98 Å². The number of para-hydroxylation sites is 1. The van der Waals surface area contributed by atoms with Crippen molar-refractivity contribution in [1.29, 1.82) is 0 Å². The lowest BCUT2D eigenvalue weighted by Gasteiger charge is -2.07. The van der Waals surface area contributed by atoms with Gasteiger partial charge in [-0.15, -0.1) is 0 Å². The number of phenolic OH excluding ortho intramolecular Hbond substituents is 1. The molecule has 0 fully saturated rings. The van der Waals surface area contributed by atoms with E-state index in [2.05, 4.69) is 4.98 Å². The molecule has 3 heteroatoms. The molecule has 0 bridgehead atoms. The van der Waals surface area contributed by atoms with E-state index in [1.807, 2.05) is 36.4 Å². The molecular formula is C15H10ClNO. The number of fused-ring (bicyclic) bond motifs is 1. The van der Waals surface area contributed by atoms with Gasteiger partial charge < -0.3 is 5.11 Å². The third kappa shape index (κ3) is 1.81. The van der Waals surface area contributed by atoms with Gasteiger partial charge in [-0.2, -0.15) is 0 Å². The summed E-state index contributed by atoms with van der Waals surface area (Å²) in [5.41, 5.74) is 2.88. The number of aromatic nitrogens is 1. The smallest absolute Gasteiger partial charge is 0.115 e. The van der Waals surface area contributed by atoms with Gasteiger partial charge in [-0.1, -0.05) is 35.9 Å². The third-order valence-electron chi connectivity index (χ3n) is 2.90. The molecule has 1 aromatic heterocycles. The average Bonchev–Trinajstić information content (AvgIpc) is 2.40. The predicted octanol–water partition coefficient (Wildman–Crippen LogP) is 4.26. The monoisotopic (exact) mass is 255 g/mol. The highest BCUT2D eigenvalue weighted by Gasteiger charge is 2.06. The summed E-state index contributed by atoms with van der Waals surface area (Å²) in [5, 5.41) is 11.0. The summed E-state index contributed by atoms with van der Waals surface area (Å²) in [5.74, 6) is 0.259. The van der Waals surface area contributed by atoms with E-state index in [9.17, 15) is 5.11 Å². The van der Waals surface area contributed by atoms with Crippen molar-refractivity contribution in [3.8, 4) is 16.9 Å². The Kier molecular flexibility index (Phi) is 2.65. The Labute approximate surface area is 109 Å². The largest absolute Gasteiger partial charge is 0.508 e. The van der Waals surface area contributed by atoms with Crippen LogP contribution in [0.2, 0.25) is 5.02 Å². The summed E-state index contributed by atoms with van der Waals surface area (Å²) in [6.07, 6.45) is 1.75. The van der Waals surface area contributed by atoms with Gasteiger partial charge in [-0.25, -0.2) is 0 Å². The molecule has 0 aliphatic rings. The second-order valence-electron chi connectivity index (χ2n) is 4.04. The topological polar surface area (TPSA) is 33.1 Å². The predicted molar refractivity (Wildman–Crippen MR) is 73.9 cm³/mol. The van der Waals surface area contributed by atoms with E-state index in [1.54, 1.807) is 18.3 Å². The highest BCUT2D eigenvalue weighted by atomic mass is 35.5. The van der Waals surface area contributed by atoms with Crippen molar-refractivity contribution in [2.24, 2.45) is 0 Å². The molecule has 0 atom stereocenters. The van der Waals surface area contributed by atoms with Crippen LogP contribution in [0.25, 0.3) is 22.0 Å².